The van der Waals surface area contributed by atoms with E-state index >= 15 is 0 Å². The molecule has 0 saturated carbocycles. The number of aryl methyl sites for hydroxylation is 1. The van der Waals surface area contributed by atoms with Crippen molar-refractivity contribution in [3.63, 3.8) is 0 Å². The first-order valence-electron chi connectivity index (χ1n) is 9.06. The van der Waals surface area contributed by atoms with Crippen molar-refractivity contribution in [2.24, 2.45) is 0 Å². The van der Waals surface area contributed by atoms with Gasteiger partial charge in [-0.25, -0.2) is 18.1 Å². The highest BCUT2D eigenvalue weighted by Crippen LogP contribution is 2.34. The van der Waals surface area contributed by atoms with Gasteiger partial charge in [0.05, 0.1) is 16.3 Å². The maximum atomic E-state index is 13.3. The first kappa shape index (κ1) is 23.4. The molecule has 14 heteroatoms. The number of nitrogens with one attached hydrogen (secondary N) is 1. The number of nitrogens with zero attached hydrogens (tertiary/aromatic N) is 5. The summed E-state index contributed by atoms with van der Waals surface area (Å²) in [7, 11) is -3.72. The lowest BCUT2D eigenvalue weighted by molar-refractivity contribution is 0.101. The molecule has 1 aromatic carbocycles. The van der Waals surface area contributed by atoms with Gasteiger partial charge in [0.25, 0.3) is 11.8 Å². The van der Waals surface area contributed by atoms with E-state index in [9.17, 15) is 13.2 Å². The minimum Gasteiger partial charge on any atom is -0.408 e. The van der Waals surface area contributed by atoms with Crippen LogP contribution in [0, 0.1) is 6.92 Å². The number of benzene rings is 1. The first-order chi connectivity index (χ1) is 15.5. The van der Waals surface area contributed by atoms with Crippen LogP contribution in [0.2, 0.25) is 10.0 Å². The van der Waals surface area contributed by atoms with Crippen LogP contribution in [0.1, 0.15) is 16.1 Å². The summed E-state index contributed by atoms with van der Waals surface area (Å²) in [5.74, 6) is -0.416. The summed E-state index contributed by atoms with van der Waals surface area (Å²) in [4.78, 5) is 17.5. The number of halogens is 3. The normalized spacial score (nSPS) is 11.5. The SMILES string of the molecule is Cc1cc(Cl)cc(-c2nnc(S(C)(=O)=O)o2)c1NC(=O)c1cc(Br)nn1-c1ncccc1Cl. The largest absolute Gasteiger partial charge is 0.408 e. The van der Waals surface area contributed by atoms with Crippen molar-refractivity contribution in [3.05, 3.63) is 62.4 Å². The van der Waals surface area contributed by atoms with Gasteiger partial charge in [-0.15, -0.1) is 5.10 Å². The number of pyridine rings is 1. The number of hydrogen-bond donors (Lipinski definition) is 1. The van der Waals surface area contributed by atoms with Crippen LogP contribution in [-0.4, -0.2) is 45.5 Å². The summed E-state index contributed by atoms with van der Waals surface area (Å²) >= 11 is 15.7. The van der Waals surface area contributed by atoms with Crippen LogP contribution in [0.3, 0.4) is 0 Å². The summed E-state index contributed by atoms with van der Waals surface area (Å²) < 4.78 is 30.5. The second-order valence-electron chi connectivity index (χ2n) is 6.82. The van der Waals surface area contributed by atoms with Gasteiger partial charge < -0.3 is 9.73 Å². The van der Waals surface area contributed by atoms with Crippen LogP contribution in [-0.2, 0) is 9.84 Å². The van der Waals surface area contributed by atoms with E-state index in [0.29, 0.717) is 25.9 Å². The Hall–Kier alpha value is -2.80. The third kappa shape index (κ3) is 4.78. The van der Waals surface area contributed by atoms with Crippen LogP contribution < -0.4 is 5.32 Å². The van der Waals surface area contributed by atoms with Gasteiger partial charge in [0, 0.05) is 23.5 Å². The van der Waals surface area contributed by atoms with E-state index in [1.165, 1.54) is 23.0 Å². The molecule has 0 fully saturated rings. The van der Waals surface area contributed by atoms with Crippen molar-refractivity contribution in [3.8, 4) is 17.3 Å². The molecule has 33 heavy (non-hydrogen) atoms. The molecule has 0 atom stereocenters. The standard InChI is InChI=1S/C19H13BrCl2N6O4S/c1-9-6-10(21)7-11(18-25-26-19(32-18)33(2,30)31)15(9)24-17(29)13-8-14(20)27-28(13)16-12(22)4-3-5-23-16/h3-8H,1-2H3,(H,24,29). The molecule has 3 aromatic heterocycles. The summed E-state index contributed by atoms with van der Waals surface area (Å²) in [6.45, 7) is 1.71. The molecule has 0 aliphatic heterocycles. The van der Waals surface area contributed by atoms with Crippen molar-refractivity contribution in [1.29, 1.82) is 0 Å². The maximum absolute atomic E-state index is 13.3. The number of sulfone groups is 1. The number of carbonyl (C=O) groups is 1. The van der Waals surface area contributed by atoms with Gasteiger partial charge in [-0.2, -0.15) is 5.10 Å². The van der Waals surface area contributed by atoms with Crippen LogP contribution >= 0.6 is 39.1 Å². The Balaban J connectivity index is 1.78. The second-order valence-corrected chi connectivity index (χ2v) is 10.4. The van der Waals surface area contributed by atoms with Gasteiger partial charge >= 0.3 is 5.22 Å². The average molecular weight is 572 g/mol. The molecule has 170 valence electrons. The third-order valence-corrected chi connectivity index (χ3v) is 6.04. The lowest BCUT2D eigenvalue weighted by Gasteiger charge is -2.13. The monoisotopic (exact) mass is 570 g/mol. The molecule has 0 saturated heterocycles. The van der Waals surface area contributed by atoms with Gasteiger partial charge in [-0.1, -0.05) is 28.3 Å². The maximum Gasteiger partial charge on any atom is 0.335 e. The fourth-order valence-electron chi connectivity index (χ4n) is 2.93. The molecule has 1 N–H and O–H groups in total. The lowest BCUT2D eigenvalue weighted by Crippen LogP contribution is -2.18. The predicted molar refractivity (Wildman–Crippen MR) is 125 cm³/mol. The highest BCUT2D eigenvalue weighted by Gasteiger charge is 2.24. The molecule has 0 aliphatic carbocycles. The minimum absolute atomic E-state index is 0.126. The minimum atomic E-state index is -3.72. The number of anilines is 1. The Kier molecular flexibility index (Phi) is 6.27. The molecule has 4 aromatic rings. The molecule has 0 radical (unpaired) electrons. The lowest BCUT2D eigenvalue weighted by atomic mass is 10.1. The van der Waals surface area contributed by atoms with Gasteiger partial charge in [-0.3, -0.25) is 4.79 Å². The average Bonchev–Trinajstić information content (AvgIpc) is 3.37. The zero-order valence-electron chi connectivity index (χ0n) is 16.9. The van der Waals surface area contributed by atoms with Crippen molar-refractivity contribution in [2.45, 2.75) is 12.1 Å². The Bertz CT molecular complexity index is 1500. The van der Waals surface area contributed by atoms with Crippen molar-refractivity contribution in [1.82, 2.24) is 25.0 Å². The van der Waals surface area contributed by atoms with E-state index in [4.69, 9.17) is 27.6 Å². The van der Waals surface area contributed by atoms with Crippen LogP contribution in [0.25, 0.3) is 17.3 Å². The van der Waals surface area contributed by atoms with Crippen molar-refractivity contribution in [2.75, 3.05) is 11.6 Å². The molecule has 3 heterocycles. The zero-order valence-corrected chi connectivity index (χ0v) is 20.8. The van der Waals surface area contributed by atoms with Gasteiger partial charge in [0.15, 0.2) is 5.82 Å². The molecular weight excluding hydrogens is 559 g/mol. The number of carbonyl (C=O) groups excluding carboxylic acids is 1. The first-order valence-corrected chi connectivity index (χ1v) is 12.5. The smallest absolute Gasteiger partial charge is 0.335 e. The molecule has 1 amide bonds. The molecule has 4 rings (SSSR count). The Morgan fingerprint density at radius 3 is 2.64 bits per heavy atom. The topological polar surface area (TPSA) is 133 Å². The summed E-state index contributed by atoms with van der Waals surface area (Å²) in [6.07, 6.45) is 2.47. The number of aromatic nitrogens is 5. The Morgan fingerprint density at radius 2 is 1.97 bits per heavy atom. The molecule has 0 bridgehead atoms. The highest BCUT2D eigenvalue weighted by molar-refractivity contribution is 9.10. The van der Waals surface area contributed by atoms with Gasteiger partial charge in [0.1, 0.15) is 10.3 Å². The van der Waals surface area contributed by atoms with E-state index in [1.54, 1.807) is 25.1 Å². The van der Waals surface area contributed by atoms with Crippen LogP contribution in [0.15, 0.2) is 50.8 Å². The Morgan fingerprint density at radius 1 is 1.21 bits per heavy atom. The van der Waals surface area contributed by atoms with Crippen molar-refractivity contribution < 1.29 is 17.6 Å². The summed E-state index contributed by atoms with van der Waals surface area (Å²) in [5, 5.41) is 14.5. The van der Waals surface area contributed by atoms with Gasteiger partial charge in [0.2, 0.25) is 9.84 Å². The molecule has 0 spiro atoms. The zero-order chi connectivity index (χ0) is 23.9. The fraction of sp³-hybridized carbons (Fsp3) is 0.105. The quantitative estimate of drug-likeness (QED) is 0.374. The number of amides is 1. The Labute approximate surface area is 206 Å². The fourth-order valence-corrected chi connectivity index (χ4v) is 4.20. The predicted octanol–water partition coefficient (Wildman–Crippen LogP) is 4.35. The number of hydrogen-bond acceptors (Lipinski definition) is 8. The summed E-state index contributed by atoms with van der Waals surface area (Å²) in [6, 6.07) is 7.88. The molecule has 0 aliphatic rings. The van der Waals surface area contributed by atoms with E-state index in [2.05, 4.69) is 41.5 Å². The van der Waals surface area contributed by atoms with Crippen LogP contribution in [0.5, 0.6) is 0 Å². The van der Waals surface area contributed by atoms with E-state index in [-0.39, 0.29) is 23.0 Å². The van der Waals surface area contributed by atoms with Crippen molar-refractivity contribution >= 4 is 60.6 Å². The van der Waals surface area contributed by atoms with Crippen LogP contribution in [0.4, 0.5) is 5.69 Å². The molecule has 10 nitrogen and oxygen atoms in total. The van der Waals surface area contributed by atoms with E-state index in [0.717, 1.165) is 6.26 Å². The van der Waals surface area contributed by atoms with Gasteiger partial charge in [-0.05, 0) is 52.7 Å². The third-order valence-electron chi connectivity index (χ3n) is 4.34. The molecule has 0 unspecified atom stereocenters. The second kappa shape index (κ2) is 8.86. The number of rotatable bonds is 5. The molecular formula is C19H13BrCl2N6O4S. The van der Waals surface area contributed by atoms with E-state index < -0.39 is 21.0 Å². The summed E-state index contributed by atoms with van der Waals surface area (Å²) in [5.41, 5.74) is 1.25. The van der Waals surface area contributed by atoms with E-state index in [1.807, 2.05) is 0 Å². The highest BCUT2D eigenvalue weighted by atomic mass is 79.9.